The summed E-state index contributed by atoms with van der Waals surface area (Å²) in [5.74, 6) is 0.798. The van der Waals surface area contributed by atoms with Gasteiger partial charge in [-0.3, -0.25) is 0 Å². The molecule has 0 bridgehead atoms. The van der Waals surface area contributed by atoms with Gasteiger partial charge in [0.2, 0.25) is 0 Å². The molecular weight excluding hydrogens is 178 g/mol. The van der Waals surface area contributed by atoms with Crippen molar-refractivity contribution in [1.29, 1.82) is 0 Å². The van der Waals surface area contributed by atoms with Gasteiger partial charge in [-0.05, 0) is 37.8 Å². The topological polar surface area (TPSA) is 58.0 Å². The summed E-state index contributed by atoms with van der Waals surface area (Å²) in [5.41, 5.74) is 0. The summed E-state index contributed by atoms with van der Waals surface area (Å²) < 4.78 is 0. The fourth-order valence-electron chi connectivity index (χ4n) is 1.88. The Labute approximate surface area is 83.4 Å². The van der Waals surface area contributed by atoms with Crippen LogP contribution in [-0.2, 0) is 0 Å². The monoisotopic (exact) mass is 193 g/mol. The first-order valence-corrected chi connectivity index (χ1v) is 5.07. The van der Waals surface area contributed by atoms with Gasteiger partial charge in [0, 0.05) is 12.2 Å². The van der Waals surface area contributed by atoms with Crippen LogP contribution in [0.25, 0.3) is 0 Å². The second-order valence-electron chi connectivity index (χ2n) is 3.77. The number of hydrogen-bond donors (Lipinski definition) is 2. The van der Waals surface area contributed by atoms with Gasteiger partial charge in [0.15, 0.2) is 0 Å². The third kappa shape index (κ3) is 2.42. The van der Waals surface area contributed by atoms with Crippen LogP contribution in [0.3, 0.4) is 0 Å². The molecule has 1 aromatic rings. The van der Waals surface area contributed by atoms with Crippen LogP contribution in [0.1, 0.15) is 25.7 Å². The van der Waals surface area contributed by atoms with Crippen molar-refractivity contribution in [3.05, 3.63) is 18.3 Å². The van der Waals surface area contributed by atoms with Gasteiger partial charge < -0.3 is 10.4 Å². The van der Waals surface area contributed by atoms with E-state index in [1.54, 1.807) is 6.20 Å². The lowest BCUT2D eigenvalue weighted by Crippen LogP contribution is -2.30. The number of rotatable bonds is 2. The third-order valence-electron chi connectivity index (χ3n) is 2.57. The lowest BCUT2D eigenvalue weighted by atomic mass is 9.93. The summed E-state index contributed by atoms with van der Waals surface area (Å²) in [6.45, 7) is 0. The second-order valence-corrected chi connectivity index (χ2v) is 3.77. The highest BCUT2D eigenvalue weighted by molar-refractivity contribution is 5.32. The molecule has 0 aliphatic heterocycles. The van der Waals surface area contributed by atoms with E-state index in [0.29, 0.717) is 6.04 Å². The van der Waals surface area contributed by atoms with Crippen LogP contribution in [0, 0.1) is 0 Å². The molecule has 1 heterocycles. The van der Waals surface area contributed by atoms with E-state index in [2.05, 4.69) is 15.5 Å². The second kappa shape index (κ2) is 4.37. The van der Waals surface area contributed by atoms with Gasteiger partial charge >= 0.3 is 0 Å². The highest BCUT2D eigenvalue weighted by atomic mass is 16.3. The summed E-state index contributed by atoms with van der Waals surface area (Å²) >= 11 is 0. The zero-order chi connectivity index (χ0) is 9.80. The zero-order valence-corrected chi connectivity index (χ0v) is 8.06. The first kappa shape index (κ1) is 9.40. The van der Waals surface area contributed by atoms with Crippen molar-refractivity contribution in [3.8, 4) is 0 Å². The van der Waals surface area contributed by atoms with Crippen LogP contribution in [0.4, 0.5) is 5.82 Å². The fourth-order valence-corrected chi connectivity index (χ4v) is 1.88. The minimum Gasteiger partial charge on any atom is -0.393 e. The Morgan fingerprint density at radius 2 is 2.36 bits per heavy atom. The summed E-state index contributed by atoms with van der Waals surface area (Å²) in [6.07, 6.45) is 5.43. The molecule has 1 fully saturated rings. The van der Waals surface area contributed by atoms with Crippen molar-refractivity contribution in [2.75, 3.05) is 5.32 Å². The van der Waals surface area contributed by atoms with Crippen LogP contribution in [0.5, 0.6) is 0 Å². The van der Waals surface area contributed by atoms with E-state index in [9.17, 15) is 5.11 Å². The van der Waals surface area contributed by atoms with Gasteiger partial charge in [-0.15, -0.1) is 5.10 Å². The molecule has 4 heteroatoms. The van der Waals surface area contributed by atoms with Crippen LogP contribution in [-0.4, -0.2) is 27.4 Å². The number of anilines is 1. The maximum atomic E-state index is 9.48. The molecule has 2 rings (SSSR count). The van der Waals surface area contributed by atoms with E-state index in [-0.39, 0.29) is 6.10 Å². The van der Waals surface area contributed by atoms with E-state index in [4.69, 9.17) is 0 Å². The van der Waals surface area contributed by atoms with E-state index in [0.717, 1.165) is 31.5 Å². The number of aromatic nitrogens is 2. The molecular formula is C10H15N3O. The maximum Gasteiger partial charge on any atom is 0.148 e. The van der Waals surface area contributed by atoms with Gasteiger partial charge in [-0.1, -0.05) is 0 Å². The van der Waals surface area contributed by atoms with Crippen LogP contribution in [0.2, 0.25) is 0 Å². The van der Waals surface area contributed by atoms with Crippen molar-refractivity contribution < 1.29 is 5.11 Å². The Balaban J connectivity index is 1.91. The highest BCUT2D eigenvalue weighted by Gasteiger charge is 2.19. The molecule has 2 atom stereocenters. The van der Waals surface area contributed by atoms with Crippen molar-refractivity contribution >= 4 is 5.82 Å². The van der Waals surface area contributed by atoms with Crippen LogP contribution >= 0.6 is 0 Å². The quantitative estimate of drug-likeness (QED) is 0.740. The normalized spacial score (nSPS) is 27.2. The molecule has 0 saturated heterocycles. The molecule has 76 valence electrons. The Kier molecular flexibility index (Phi) is 2.93. The third-order valence-corrected chi connectivity index (χ3v) is 2.57. The average molecular weight is 193 g/mol. The van der Waals surface area contributed by atoms with Gasteiger partial charge in [0.1, 0.15) is 5.82 Å². The molecule has 2 N–H and O–H groups in total. The standard InChI is InChI=1S/C10H15N3O/c14-9-4-1-3-8(7-9)12-10-5-2-6-11-13-10/h2,5-6,8-9,14H,1,3-4,7H2,(H,12,13)/t8-,9+/m0/s1. The number of nitrogens with one attached hydrogen (secondary N) is 1. The minimum absolute atomic E-state index is 0.155. The number of aliphatic hydroxyl groups excluding tert-OH is 1. The number of nitrogens with zero attached hydrogens (tertiary/aromatic N) is 2. The highest BCUT2D eigenvalue weighted by Crippen LogP contribution is 2.20. The molecule has 1 aliphatic rings. The maximum absolute atomic E-state index is 9.48. The van der Waals surface area contributed by atoms with Crippen molar-refractivity contribution in [1.82, 2.24) is 10.2 Å². The summed E-state index contributed by atoms with van der Waals surface area (Å²) in [6, 6.07) is 4.10. The lowest BCUT2D eigenvalue weighted by Gasteiger charge is -2.26. The first-order chi connectivity index (χ1) is 6.84. The number of hydrogen-bond acceptors (Lipinski definition) is 4. The molecule has 0 spiro atoms. The lowest BCUT2D eigenvalue weighted by molar-refractivity contribution is 0.124. The molecule has 4 nitrogen and oxygen atoms in total. The SMILES string of the molecule is O[C@@H]1CCC[C@H](Nc2cccnn2)C1. The molecule has 0 amide bonds. The summed E-state index contributed by atoms with van der Waals surface area (Å²) in [4.78, 5) is 0. The van der Waals surface area contributed by atoms with Crippen LogP contribution < -0.4 is 5.32 Å². The summed E-state index contributed by atoms with van der Waals surface area (Å²) in [5, 5.41) is 20.5. The zero-order valence-electron chi connectivity index (χ0n) is 8.06. The predicted octanol–water partition coefficient (Wildman–Crippen LogP) is 1.19. The Bertz CT molecular complexity index is 278. The van der Waals surface area contributed by atoms with Gasteiger partial charge in [0.25, 0.3) is 0 Å². The van der Waals surface area contributed by atoms with Gasteiger partial charge in [-0.2, -0.15) is 5.10 Å². The largest absolute Gasteiger partial charge is 0.393 e. The van der Waals surface area contributed by atoms with E-state index >= 15 is 0 Å². The number of aliphatic hydroxyl groups is 1. The first-order valence-electron chi connectivity index (χ1n) is 5.07. The van der Waals surface area contributed by atoms with Gasteiger partial charge in [-0.25, -0.2) is 0 Å². The molecule has 1 saturated carbocycles. The molecule has 0 unspecified atom stereocenters. The molecule has 0 aromatic carbocycles. The van der Waals surface area contributed by atoms with E-state index in [1.807, 2.05) is 12.1 Å². The van der Waals surface area contributed by atoms with Gasteiger partial charge in [0.05, 0.1) is 6.10 Å². The Morgan fingerprint density at radius 3 is 3.07 bits per heavy atom. The minimum atomic E-state index is -0.155. The Morgan fingerprint density at radius 1 is 1.43 bits per heavy atom. The molecule has 0 radical (unpaired) electrons. The van der Waals surface area contributed by atoms with Crippen molar-refractivity contribution in [2.45, 2.75) is 37.8 Å². The fraction of sp³-hybridized carbons (Fsp3) is 0.600. The van der Waals surface area contributed by atoms with Crippen LogP contribution in [0.15, 0.2) is 18.3 Å². The molecule has 14 heavy (non-hydrogen) atoms. The van der Waals surface area contributed by atoms with E-state index in [1.165, 1.54) is 0 Å². The average Bonchev–Trinajstić information content (AvgIpc) is 2.19. The summed E-state index contributed by atoms with van der Waals surface area (Å²) in [7, 11) is 0. The smallest absolute Gasteiger partial charge is 0.148 e. The Hall–Kier alpha value is -1.16. The predicted molar refractivity (Wildman–Crippen MR) is 53.9 cm³/mol. The molecule has 1 aromatic heterocycles. The van der Waals surface area contributed by atoms with Crippen molar-refractivity contribution in [2.24, 2.45) is 0 Å². The molecule has 1 aliphatic carbocycles. The van der Waals surface area contributed by atoms with E-state index < -0.39 is 0 Å². The van der Waals surface area contributed by atoms with Crippen molar-refractivity contribution in [3.63, 3.8) is 0 Å².